The highest BCUT2D eigenvalue weighted by Crippen LogP contribution is 2.67. The Balaban J connectivity index is 0.870. The van der Waals surface area contributed by atoms with Crippen molar-refractivity contribution in [2.75, 3.05) is 6.61 Å². The lowest BCUT2D eigenvalue weighted by Crippen LogP contribution is -2.51. The molecule has 6 aliphatic rings. The van der Waals surface area contributed by atoms with Crippen LogP contribution >= 0.6 is 0 Å². The summed E-state index contributed by atoms with van der Waals surface area (Å²) in [5.41, 5.74) is 5.20. The first kappa shape index (κ1) is 38.4. The van der Waals surface area contributed by atoms with Crippen LogP contribution in [0.4, 0.5) is 8.63 Å². The van der Waals surface area contributed by atoms with E-state index < -0.39 is 12.9 Å². The third-order valence-corrected chi connectivity index (χ3v) is 15.8. The second-order valence-corrected chi connectivity index (χ2v) is 19.3. The molecule has 302 valence electrons. The zero-order valence-corrected chi connectivity index (χ0v) is 34.5. The fourth-order valence-electron chi connectivity index (χ4n) is 13.0. The van der Waals surface area contributed by atoms with Gasteiger partial charge in [-0.2, -0.15) is 0 Å². The lowest BCUT2D eigenvalue weighted by molar-refractivity contribution is -0.356. The lowest BCUT2D eigenvalue weighted by atomic mass is 9.47. The van der Waals surface area contributed by atoms with Gasteiger partial charge < -0.3 is 32.1 Å². The van der Waals surface area contributed by atoms with Crippen molar-refractivity contribution >= 4 is 24.7 Å². The number of H-pyrrole nitrogens is 1. The first-order valence-corrected chi connectivity index (χ1v) is 21.9. The number of nitrogens with zero attached hydrogens (tertiary/aromatic N) is 2. The van der Waals surface area contributed by atoms with Crippen LogP contribution in [0.5, 0.6) is 5.75 Å². The summed E-state index contributed by atoms with van der Waals surface area (Å²) >= 11 is 0. The molecule has 0 bridgehead atoms. The molecule has 8 atom stereocenters. The molecule has 6 nitrogen and oxygen atoms in total. The number of ether oxygens (including phenoxy) is 2. The molecule has 3 fully saturated rings. The van der Waals surface area contributed by atoms with Crippen LogP contribution in [0.2, 0.25) is 0 Å². The van der Waals surface area contributed by atoms with Gasteiger partial charge in [-0.3, -0.25) is 0 Å². The zero-order valence-electron chi connectivity index (χ0n) is 34.5. The summed E-state index contributed by atoms with van der Waals surface area (Å²) in [7, 11) is 0. The Morgan fingerprint density at radius 2 is 1.81 bits per heavy atom. The fourth-order valence-corrected chi connectivity index (χ4v) is 13.0. The van der Waals surface area contributed by atoms with E-state index in [0.717, 1.165) is 64.2 Å². The van der Waals surface area contributed by atoms with Crippen LogP contribution in [-0.4, -0.2) is 45.8 Å². The van der Waals surface area contributed by atoms with E-state index >= 15 is 8.63 Å². The van der Waals surface area contributed by atoms with E-state index in [1.165, 1.54) is 56.7 Å². The molecule has 57 heavy (non-hydrogen) atoms. The average molecular weight is 776 g/mol. The summed E-state index contributed by atoms with van der Waals surface area (Å²) in [5, 5.41) is 0. The van der Waals surface area contributed by atoms with Crippen molar-refractivity contribution in [1.82, 2.24) is 9.46 Å². The van der Waals surface area contributed by atoms with E-state index in [-0.39, 0.29) is 18.1 Å². The van der Waals surface area contributed by atoms with E-state index in [0.29, 0.717) is 51.0 Å². The molecule has 9 heteroatoms. The lowest BCUT2D eigenvalue weighted by Gasteiger charge is -2.58. The molecule has 4 aliphatic carbocycles. The number of hydrogen-bond donors (Lipinski definition) is 1. The SMILES string of the molecule is CC(C)CCC[C@@H](C)[C@H]1CC[C@H]2[C@@H]3CC=C4C[C@@H](OC(=O)COc5ccccc5C5=C6C=CC=[N+]6[B-](F)(F)n6c5ccc6-c5ccc[nH]5)CC[C@]4(C)[C@H]3CC[C@]12C. The van der Waals surface area contributed by atoms with Crippen LogP contribution in [0.1, 0.15) is 117 Å². The molecule has 0 radical (unpaired) electrons. The van der Waals surface area contributed by atoms with Crippen molar-refractivity contribution in [2.24, 2.45) is 46.3 Å². The number of carbonyl (C=O) groups is 1. The largest absolute Gasteiger partial charge is 0.737 e. The maximum Gasteiger partial charge on any atom is 0.737 e. The molecule has 1 aromatic carbocycles. The molecule has 0 spiro atoms. The van der Waals surface area contributed by atoms with Crippen molar-refractivity contribution in [3.63, 3.8) is 0 Å². The number of esters is 1. The quantitative estimate of drug-likeness (QED) is 0.120. The molecule has 0 amide bonds. The van der Waals surface area contributed by atoms with Gasteiger partial charge in [-0.1, -0.05) is 83.7 Å². The second-order valence-electron chi connectivity index (χ2n) is 19.3. The fraction of sp³-hybridized carbons (Fsp3) is 0.542. The molecule has 1 N–H and O–H groups in total. The smallest absolute Gasteiger partial charge is 0.481 e. The summed E-state index contributed by atoms with van der Waals surface area (Å²) in [6.45, 7) is 8.01. The molecular weight excluding hydrogens is 715 g/mol. The van der Waals surface area contributed by atoms with Crippen LogP contribution in [-0.2, 0) is 9.53 Å². The van der Waals surface area contributed by atoms with Crippen molar-refractivity contribution in [3.05, 3.63) is 95.5 Å². The zero-order chi connectivity index (χ0) is 39.7. The van der Waals surface area contributed by atoms with Crippen LogP contribution in [0, 0.1) is 46.3 Å². The highest BCUT2D eigenvalue weighted by molar-refractivity contribution is 6.58. The van der Waals surface area contributed by atoms with Crippen LogP contribution in [0.3, 0.4) is 0 Å². The van der Waals surface area contributed by atoms with Crippen LogP contribution in [0.25, 0.3) is 17.0 Å². The summed E-state index contributed by atoms with van der Waals surface area (Å²) in [6, 6.07) is 14.4. The number of allylic oxidation sites excluding steroid dienone is 3. The number of halogens is 2. The summed E-state index contributed by atoms with van der Waals surface area (Å²) in [6.07, 6.45) is 22.3. The number of nitrogens with one attached hydrogen (secondary N) is 1. The van der Waals surface area contributed by atoms with Gasteiger partial charge in [-0.05, 0) is 122 Å². The van der Waals surface area contributed by atoms with E-state index in [1.54, 1.807) is 48.7 Å². The Morgan fingerprint density at radius 3 is 2.61 bits per heavy atom. The van der Waals surface area contributed by atoms with Gasteiger partial charge in [0.15, 0.2) is 12.3 Å². The number of benzene rings is 1. The van der Waals surface area contributed by atoms with E-state index in [1.807, 2.05) is 18.2 Å². The number of carbonyl (C=O) groups excluding carboxylic acids is 1. The normalized spacial score (nSPS) is 31.5. The van der Waals surface area contributed by atoms with Gasteiger partial charge in [-0.15, -0.1) is 0 Å². The average Bonchev–Trinajstić information content (AvgIpc) is 4.01. The van der Waals surface area contributed by atoms with Gasteiger partial charge in [0.25, 0.3) is 0 Å². The molecule has 2 aliphatic heterocycles. The standard InChI is InChI=1S/C48H60BF2N3O3/c1-31(2)11-8-12-32(3)37-19-20-38-35-18-17-33-29-34(23-25-47(33,4)39(35)24-26-48(37,38)5)57-45(55)30-56-44-16-7-6-13-36(44)46-42-15-10-28-53(42)49(50,51)54-41(21-22-43(46)54)40-14-9-27-52-40/h6-7,9-10,13-17,21-22,27-28,31-32,34-35,37-39,52H,8,11-12,18-20,23-26,29-30H2,1-5H3/t32-,34+,35+,37-,38+,39+,47+,48-/m1/s1. The topological polar surface area (TPSA) is 59.3 Å². The second kappa shape index (κ2) is 14.6. The highest BCUT2D eigenvalue weighted by atomic mass is 19.2. The Hall–Kier alpha value is -4.14. The first-order chi connectivity index (χ1) is 27.4. The molecule has 0 saturated heterocycles. The number of rotatable bonds is 11. The molecule has 2 aromatic heterocycles. The molecular formula is C48H60BF2N3O3. The summed E-state index contributed by atoms with van der Waals surface area (Å²) in [4.78, 5) is 16.6. The molecule has 0 unspecified atom stereocenters. The third-order valence-electron chi connectivity index (χ3n) is 15.8. The Morgan fingerprint density at radius 1 is 0.982 bits per heavy atom. The Labute approximate surface area is 337 Å². The monoisotopic (exact) mass is 775 g/mol. The summed E-state index contributed by atoms with van der Waals surface area (Å²) in [5.74, 6) is 4.80. The van der Waals surface area contributed by atoms with Crippen molar-refractivity contribution in [3.8, 4) is 17.1 Å². The minimum atomic E-state index is -4.16. The predicted octanol–water partition coefficient (Wildman–Crippen LogP) is 11.5. The number of fused-ring (bicyclic) bond motifs is 7. The Kier molecular flexibility index (Phi) is 9.83. The maximum absolute atomic E-state index is 16.2. The van der Waals surface area contributed by atoms with E-state index in [9.17, 15) is 4.79 Å². The number of aromatic amines is 1. The van der Waals surface area contributed by atoms with Crippen molar-refractivity contribution in [1.29, 1.82) is 0 Å². The number of hydrogen-bond acceptors (Lipinski definition) is 3. The van der Waals surface area contributed by atoms with Crippen molar-refractivity contribution < 1.29 is 27.4 Å². The van der Waals surface area contributed by atoms with Gasteiger partial charge in [0, 0.05) is 41.7 Å². The van der Waals surface area contributed by atoms with Crippen molar-refractivity contribution in [2.45, 2.75) is 111 Å². The molecule has 3 aromatic rings. The minimum absolute atomic E-state index is 0.168. The summed E-state index contributed by atoms with van der Waals surface area (Å²) < 4.78 is 47.0. The first-order valence-electron chi connectivity index (χ1n) is 21.9. The predicted molar refractivity (Wildman–Crippen MR) is 224 cm³/mol. The number of para-hydroxylation sites is 1. The van der Waals surface area contributed by atoms with Crippen LogP contribution in [0.15, 0.2) is 84.2 Å². The highest BCUT2D eigenvalue weighted by Gasteiger charge is 2.59. The molecule has 4 heterocycles. The van der Waals surface area contributed by atoms with E-state index in [4.69, 9.17) is 9.47 Å². The third kappa shape index (κ3) is 6.41. The van der Waals surface area contributed by atoms with Gasteiger partial charge in [-0.25, -0.2) is 4.79 Å². The Bertz CT molecular complexity index is 2150. The number of aromatic nitrogens is 2. The van der Waals surface area contributed by atoms with Gasteiger partial charge in [0.2, 0.25) is 0 Å². The maximum atomic E-state index is 16.2. The minimum Gasteiger partial charge on any atom is -0.481 e. The van der Waals surface area contributed by atoms with E-state index in [2.05, 4.69) is 45.7 Å². The van der Waals surface area contributed by atoms with Gasteiger partial charge in [0.05, 0.1) is 11.3 Å². The van der Waals surface area contributed by atoms with Gasteiger partial charge >= 0.3 is 12.9 Å². The van der Waals surface area contributed by atoms with Crippen LogP contribution < -0.4 is 4.74 Å². The van der Waals surface area contributed by atoms with Gasteiger partial charge in [0.1, 0.15) is 18.1 Å². The molecule has 9 rings (SSSR count). The molecule has 3 saturated carbocycles.